The van der Waals surface area contributed by atoms with E-state index in [0.717, 1.165) is 0 Å². The van der Waals surface area contributed by atoms with Crippen molar-refractivity contribution in [3.63, 3.8) is 0 Å². The van der Waals surface area contributed by atoms with E-state index in [1.54, 1.807) is 0 Å². The fourth-order valence-corrected chi connectivity index (χ4v) is 1.92. The molecule has 0 saturated heterocycles. The predicted octanol–water partition coefficient (Wildman–Crippen LogP) is 1.28. The lowest BCUT2D eigenvalue weighted by Gasteiger charge is -2.20. The number of ether oxygens (including phenoxy) is 1. The molecule has 2 N–H and O–H groups in total. The molecular weight excluding hydrogens is 272 g/mol. The number of carboxylic acids is 1. The van der Waals surface area contributed by atoms with Crippen LogP contribution in [0.25, 0.3) is 0 Å². The quantitative estimate of drug-likeness (QED) is 0.757. The van der Waals surface area contributed by atoms with E-state index in [2.05, 4.69) is 5.32 Å². The molecule has 0 atom stereocenters. The van der Waals surface area contributed by atoms with E-state index in [0.29, 0.717) is 19.6 Å². The van der Waals surface area contributed by atoms with Crippen LogP contribution in [0.5, 0.6) is 0 Å². The summed E-state index contributed by atoms with van der Waals surface area (Å²) in [6.07, 6.45) is 0.712. The molecule has 21 heavy (non-hydrogen) atoms. The number of amides is 2. The molecule has 1 rings (SSSR count). The van der Waals surface area contributed by atoms with Crippen molar-refractivity contribution in [2.75, 3.05) is 33.4 Å². The van der Waals surface area contributed by atoms with E-state index in [1.165, 1.54) is 23.1 Å². The van der Waals surface area contributed by atoms with Crippen LogP contribution in [0.3, 0.4) is 0 Å². The molecule has 0 saturated carbocycles. The minimum absolute atomic E-state index is 0.249. The number of carboxylic acid groups (broad SMARTS) is 1. The third-order valence-corrected chi connectivity index (χ3v) is 3.11. The summed E-state index contributed by atoms with van der Waals surface area (Å²) in [5, 5.41) is 11.6. The summed E-state index contributed by atoms with van der Waals surface area (Å²) >= 11 is 0. The number of carbonyl (C=O) groups is 2. The van der Waals surface area contributed by atoms with Crippen molar-refractivity contribution in [1.82, 2.24) is 10.2 Å². The second-order valence-corrected chi connectivity index (χ2v) is 4.72. The number of hydrogen-bond acceptors (Lipinski definition) is 3. The maximum Gasteiger partial charge on any atom is 0.323 e. The molecular formula is C15H22N2O4. The van der Waals surface area contributed by atoms with E-state index in [4.69, 9.17) is 9.84 Å². The first-order chi connectivity index (χ1) is 10.0. The topological polar surface area (TPSA) is 78.9 Å². The standard InChI is InChI=1S/C15H22N2O4/c1-12-5-3-4-6-13(12)7-8-16-15(20)17(9-10-21-2)11-14(18)19/h3-6H,7-11H2,1-2H3,(H,16,20)(H,18,19). The maximum absolute atomic E-state index is 12.0. The molecule has 116 valence electrons. The summed E-state index contributed by atoms with van der Waals surface area (Å²) in [7, 11) is 1.51. The average molecular weight is 294 g/mol. The lowest BCUT2D eigenvalue weighted by molar-refractivity contribution is -0.137. The summed E-state index contributed by atoms with van der Waals surface area (Å²) in [6.45, 7) is 2.70. The SMILES string of the molecule is COCCN(CC(=O)O)C(=O)NCCc1ccccc1C. The van der Waals surface area contributed by atoms with Crippen molar-refractivity contribution >= 4 is 12.0 Å². The fraction of sp³-hybridized carbons (Fsp3) is 0.467. The van der Waals surface area contributed by atoms with E-state index in [-0.39, 0.29) is 19.1 Å². The Morgan fingerprint density at radius 3 is 2.67 bits per heavy atom. The van der Waals surface area contributed by atoms with Crippen molar-refractivity contribution in [2.24, 2.45) is 0 Å². The zero-order valence-electron chi connectivity index (χ0n) is 12.5. The number of nitrogens with zero attached hydrogens (tertiary/aromatic N) is 1. The molecule has 6 heteroatoms. The number of urea groups is 1. The molecule has 1 aromatic carbocycles. The lowest BCUT2D eigenvalue weighted by Crippen LogP contribution is -2.44. The summed E-state index contributed by atoms with van der Waals surface area (Å²) in [6, 6.07) is 7.58. The lowest BCUT2D eigenvalue weighted by atomic mass is 10.1. The first kappa shape index (κ1) is 17.0. The van der Waals surface area contributed by atoms with Crippen LogP contribution < -0.4 is 5.32 Å². The summed E-state index contributed by atoms with van der Waals surface area (Å²) in [4.78, 5) is 23.9. The van der Waals surface area contributed by atoms with Crippen LogP contribution in [0, 0.1) is 6.92 Å². The van der Waals surface area contributed by atoms with Gasteiger partial charge in [0.2, 0.25) is 0 Å². The molecule has 0 aliphatic carbocycles. The molecule has 0 unspecified atom stereocenters. The van der Waals surface area contributed by atoms with Crippen molar-refractivity contribution in [2.45, 2.75) is 13.3 Å². The molecule has 0 fully saturated rings. The van der Waals surface area contributed by atoms with Crippen molar-refractivity contribution in [1.29, 1.82) is 0 Å². The van der Waals surface area contributed by atoms with Gasteiger partial charge in [-0.05, 0) is 24.5 Å². The zero-order valence-corrected chi connectivity index (χ0v) is 12.5. The molecule has 2 amide bonds. The molecule has 0 heterocycles. The van der Waals surface area contributed by atoms with Gasteiger partial charge in [0.25, 0.3) is 0 Å². The normalized spacial score (nSPS) is 10.2. The fourth-order valence-electron chi connectivity index (χ4n) is 1.92. The Hall–Kier alpha value is -2.08. The van der Waals surface area contributed by atoms with Gasteiger partial charge in [-0.3, -0.25) is 4.79 Å². The Kier molecular flexibility index (Phi) is 7.25. The molecule has 6 nitrogen and oxygen atoms in total. The Morgan fingerprint density at radius 1 is 1.33 bits per heavy atom. The number of aliphatic carboxylic acids is 1. The van der Waals surface area contributed by atoms with Gasteiger partial charge in [-0.1, -0.05) is 24.3 Å². The van der Waals surface area contributed by atoms with E-state index in [9.17, 15) is 9.59 Å². The number of hydrogen-bond donors (Lipinski definition) is 2. The number of rotatable bonds is 8. The van der Waals surface area contributed by atoms with Crippen molar-refractivity contribution < 1.29 is 19.4 Å². The van der Waals surface area contributed by atoms with Gasteiger partial charge in [-0.25, -0.2) is 4.79 Å². The first-order valence-corrected chi connectivity index (χ1v) is 6.82. The third kappa shape index (κ3) is 6.27. The largest absolute Gasteiger partial charge is 0.480 e. The van der Waals surface area contributed by atoms with Crippen LogP contribution in [0.15, 0.2) is 24.3 Å². The highest BCUT2D eigenvalue weighted by Crippen LogP contribution is 2.06. The predicted molar refractivity (Wildman–Crippen MR) is 79.4 cm³/mol. The van der Waals surface area contributed by atoms with Gasteiger partial charge in [0.05, 0.1) is 6.61 Å². The second-order valence-electron chi connectivity index (χ2n) is 4.72. The molecule has 0 aliphatic rings. The van der Waals surface area contributed by atoms with Gasteiger partial charge in [0.15, 0.2) is 0 Å². The third-order valence-electron chi connectivity index (χ3n) is 3.11. The summed E-state index contributed by atoms with van der Waals surface area (Å²) < 4.78 is 4.88. The highest BCUT2D eigenvalue weighted by atomic mass is 16.5. The smallest absolute Gasteiger partial charge is 0.323 e. The molecule has 0 aromatic heterocycles. The van der Waals surface area contributed by atoms with Crippen LogP contribution in [0.4, 0.5) is 4.79 Å². The Morgan fingerprint density at radius 2 is 2.05 bits per heavy atom. The number of carbonyl (C=O) groups excluding carboxylic acids is 1. The number of benzene rings is 1. The Labute approximate surface area is 124 Å². The highest BCUT2D eigenvalue weighted by Gasteiger charge is 2.15. The van der Waals surface area contributed by atoms with Crippen LogP contribution in [0.2, 0.25) is 0 Å². The van der Waals surface area contributed by atoms with Gasteiger partial charge in [0, 0.05) is 20.2 Å². The van der Waals surface area contributed by atoms with Gasteiger partial charge in [0.1, 0.15) is 6.54 Å². The van der Waals surface area contributed by atoms with Gasteiger partial charge < -0.3 is 20.1 Å². The molecule has 0 radical (unpaired) electrons. The zero-order chi connectivity index (χ0) is 15.7. The van der Waals surface area contributed by atoms with Gasteiger partial charge in [-0.15, -0.1) is 0 Å². The summed E-state index contributed by atoms with van der Waals surface area (Å²) in [5.74, 6) is -1.04. The molecule has 0 bridgehead atoms. The Bertz CT molecular complexity index is 476. The number of nitrogens with one attached hydrogen (secondary N) is 1. The Balaban J connectivity index is 2.45. The number of aryl methyl sites for hydroxylation is 1. The average Bonchev–Trinajstić information content (AvgIpc) is 2.45. The highest BCUT2D eigenvalue weighted by molar-refractivity contribution is 5.80. The maximum atomic E-state index is 12.0. The van der Waals surface area contributed by atoms with Crippen LogP contribution in [0.1, 0.15) is 11.1 Å². The van der Waals surface area contributed by atoms with Crippen LogP contribution >= 0.6 is 0 Å². The van der Waals surface area contributed by atoms with Crippen molar-refractivity contribution in [3.05, 3.63) is 35.4 Å². The minimum atomic E-state index is -1.04. The van der Waals surface area contributed by atoms with Crippen LogP contribution in [-0.2, 0) is 16.0 Å². The van der Waals surface area contributed by atoms with E-state index in [1.807, 2.05) is 31.2 Å². The molecule has 1 aromatic rings. The van der Waals surface area contributed by atoms with Gasteiger partial charge >= 0.3 is 12.0 Å². The molecule has 0 aliphatic heterocycles. The molecule has 0 spiro atoms. The van der Waals surface area contributed by atoms with E-state index >= 15 is 0 Å². The van der Waals surface area contributed by atoms with Crippen molar-refractivity contribution in [3.8, 4) is 0 Å². The second kappa shape index (κ2) is 8.97. The van der Waals surface area contributed by atoms with Gasteiger partial charge in [-0.2, -0.15) is 0 Å². The van der Waals surface area contributed by atoms with Crippen LogP contribution in [-0.4, -0.2) is 55.4 Å². The summed E-state index contributed by atoms with van der Waals surface area (Å²) in [5.41, 5.74) is 2.34. The monoisotopic (exact) mass is 294 g/mol. The van der Waals surface area contributed by atoms with E-state index < -0.39 is 5.97 Å². The number of methoxy groups -OCH3 is 1. The first-order valence-electron chi connectivity index (χ1n) is 6.82. The minimum Gasteiger partial charge on any atom is -0.480 e.